The van der Waals surface area contributed by atoms with Crippen LogP contribution in [0.25, 0.3) is 17.1 Å². The van der Waals surface area contributed by atoms with Gasteiger partial charge in [-0.1, -0.05) is 46.9 Å². The molecule has 1 heterocycles. The van der Waals surface area contributed by atoms with Crippen molar-refractivity contribution in [2.75, 3.05) is 5.32 Å². The maximum Gasteiger partial charge on any atom is 0.295 e. The first-order valence-corrected chi connectivity index (χ1v) is 10.5. The highest BCUT2D eigenvalue weighted by Crippen LogP contribution is 2.28. The lowest BCUT2D eigenvalue weighted by Crippen LogP contribution is -2.15. The van der Waals surface area contributed by atoms with Crippen molar-refractivity contribution in [3.63, 3.8) is 0 Å². The monoisotopic (exact) mass is 470 g/mol. The van der Waals surface area contributed by atoms with E-state index < -0.39 is 5.91 Å². The number of anilines is 1. The van der Waals surface area contributed by atoms with E-state index in [1.165, 1.54) is 0 Å². The first kappa shape index (κ1) is 21.4. The van der Waals surface area contributed by atoms with Gasteiger partial charge in [0.1, 0.15) is 0 Å². The Bertz CT molecular complexity index is 1280. The van der Waals surface area contributed by atoms with Crippen molar-refractivity contribution in [2.45, 2.75) is 13.8 Å². The number of carbonyl (C=O) groups is 1. The molecule has 0 aliphatic rings. The highest BCUT2D eigenvalue weighted by atomic mass is 35.5. The SMILES string of the molecule is Cc1ccc(Cl)cc1NC(=O)c1nc(-c2ccc(Cl)cc2)n(-c2cccc(Cl)c2C)n1. The highest BCUT2D eigenvalue weighted by molar-refractivity contribution is 6.31. The molecule has 0 spiro atoms. The average Bonchev–Trinajstić information content (AvgIpc) is 3.18. The lowest BCUT2D eigenvalue weighted by Gasteiger charge is -2.10. The Morgan fingerprint density at radius 1 is 0.935 bits per heavy atom. The molecule has 0 bridgehead atoms. The first-order valence-electron chi connectivity index (χ1n) is 9.39. The number of hydrogen-bond acceptors (Lipinski definition) is 3. The predicted octanol–water partition coefficient (Wildman–Crippen LogP) is 6.76. The predicted molar refractivity (Wildman–Crippen MR) is 126 cm³/mol. The van der Waals surface area contributed by atoms with Gasteiger partial charge in [0.25, 0.3) is 5.91 Å². The molecule has 1 amide bonds. The molecule has 0 radical (unpaired) electrons. The number of hydrogen-bond donors (Lipinski definition) is 1. The van der Waals surface area contributed by atoms with Crippen LogP contribution in [0.3, 0.4) is 0 Å². The molecule has 3 aromatic carbocycles. The van der Waals surface area contributed by atoms with E-state index >= 15 is 0 Å². The fourth-order valence-electron chi connectivity index (χ4n) is 3.09. The van der Waals surface area contributed by atoms with E-state index in [1.807, 2.05) is 44.2 Å². The summed E-state index contributed by atoms with van der Waals surface area (Å²) < 4.78 is 1.62. The van der Waals surface area contributed by atoms with E-state index in [0.717, 1.165) is 22.4 Å². The van der Waals surface area contributed by atoms with Gasteiger partial charge in [-0.2, -0.15) is 0 Å². The van der Waals surface area contributed by atoms with Crippen molar-refractivity contribution in [3.8, 4) is 17.1 Å². The van der Waals surface area contributed by atoms with Gasteiger partial charge in [0.2, 0.25) is 5.82 Å². The topological polar surface area (TPSA) is 59.8 Å². The Balaban J connectivity index is 1.81. The Kier molecular flexibility index (Phi) is 6.01. The summed E-state index contributed by atoms with van der Waals surface area (Å²) >= 11 is 18.4. The van der Waals surface area contributed by atoms with Crippen LogP contribution in [-0.2, 0) is 0 Å². The zero-order valence-corrected chi connectivity index (χ0v) is 18.9. The van der Waals surface area contributed by atoms with E-state index in [0.29, 0.717) is 26.6 Å². The number of nitrogens with one attached hydrogen (secondary N) is 1. The Labute approximate surface area is 194 Å². The number of amides is 1. The maximum absolute atomic E-state index is 13.0. The molecule has 0 unspecified atom stereocenters. The van der Waals surface area contributed by atoms with Crippen molar-refractivity contribution in [1.29, 1.82) is 0 Å². The first-order chi connectivity index (χ1) is 14.8. The van der Waals surface area contributed by atoms with Gasteiger partial charge in [-0.25, -0.2) is 9.67 Å². The quantitative estimate of drug-likeness (QED) is 0.357. The van der Waals surface area contributed by atoms with Gasteiger partial charge in [0.15, 0.2) is 5.82 Å². The maximum atomic E-state index is 13.0. The molecule has 31 heavy (non-hydrogen) atoms. The van der Waals surface area contributed by atoms with Crippen LogP contribution in [0.5, 0.6) is 0 Å². The number of halogens is 3. The number of carbonyl (C=O) groups excluding carboxylic acids is 1. The van der Waals surface area contributed by atoms with Crippen molar-refractivity contribution < 1.29 is 4.79 Å². The molecule has 156 valence electrons. The summed E-state index contributed by atoms with van der Waals surface area (Å²) in [6.45, 7) is 3.77. The summed E-state index contributed by atoms with van der Waals surface area (Å²) in [5.41, 5.74) is 3.78. The lowest BCUT2D eigenvalue weighted by atomic mass is 10.1. The number of nitrogens with zero attached hydrogens (tertiary/aromatic N) is 3. The fraction of sp³-hybridized carbons (Fsp3) is 0.0870. The van der Waals surface area contributed by atoms with Gasteiger partial charge in [-0.05, 0) is 73.5 Å². The molecule has 0 fully saturated rings. The van der Waals surface area contributed by atoms with Crippen LogP contribution in [0, 0.1) is 13.8 Å². The Morgan fingerprint density at radius 3 is 2.39 bits per heavy atom. The second-order valence-corrected chi connectivity index (χ2v) is 8.26. The van der Waals surface area contributed by atoms with Gasteiger partial charge in [0.05, 0.1) is 5.69 Å². The van der Waals surface area contributed by atoms with Crippen LogP contribution in [-0.4, -0.2) is 20.7 Å². The van der Waals surface area contributed by atoms with Gasteiger partial charge in [0, 0.05) is 26.3 Å². The van der Waals surface area contributed by atoms with Crippen LogP contribution in [0.1, 0.15) is 21.7 Å². The second kappa shape index (κ2) is 8.71. The smallest absolute Gasteiger partial charge is 0.295 e. The van der Waals surface area contributed by atoms with Crippen molar-refractivity contribution in [3.05, 3.63) is 92.7 Å². The van der Waals surface area contributed by atoms with E-state index in [1.54, 1.807) is 35.0 Å². The Hall–Kier alpha value is -2.86. The van der Waals surface area contributed by atoms with Gasteiger partial charge in [-0.15, -0.1) is 5.10 Å². The molecule has 0 aliphatic carbocycles. The van der Waals surface area contributed by atoms with Crippen LogP contribution < -0.4 is 5.32 Å². The molecule has 4 aromatic rings. The van der Waals surface area contributed by atoms with Crippen LogP contribution in [0.4, 0.5) is 5.69 Å². The number of benzene rings is 3. The standard InChI is InChI=1S/C23H17Cl3N4O/c1-13-6-9-17(25)12-19(13)27-23(31)21-28-22(15-7-10-16(24)11-8-15)30(29-21)20-5-3-4-18(26)14(20)2/h3-12H,1-2H3,(H,27,31). The third-order valence-electron chi connectivity index (χ3n) is 4.83. The minimum Gasteiger partial charge on any atom is -0.319 e. The van der Waals surface area contributed by atoms with E-state index in [4.69, 9.17) is 34.8 Å². The van der Waals surface area contributed by atoms with E-state index in [2.05, 4.69) is 15.4 Å². The van der Waals surface area contributed by atoms with Crippen molar-refractivity contribution in [2.24, 2.45) is 0 Å². The van der Waals surface area contributed by atoms with Gasteiger partial charge in [-0.3, -0.25) is 4.79 Å². The summed E-state index contributed by atoms with van der Waals surface area (Å²) in [5.74, 6) is 0.0673. The molecule has 1 N–H and O–H groups in total. The van der Waals surface area contributed by atoms with E-state index in [-0.39, 0.29) is 5.82 Å². The number of aromatic nitrogens is 3. The highest BCUT2D eigenvalue weighted by Gasteiger charge is 2.21. The Morgan fingerprint density at radius 2 is 1.65 bits per heavy atom. The summed E-state index contributed by atoms with van der Waals surface area (Å²) in [7, 11) is 0. The average molecular weight is 472 g/mol. The molecule has 0 saturated carbocycles. The molecule has 5 nitrogen and oxygen atoms in total. The second-order valence-electron chi connectivity index (χ2n) is 6.98. The summed E-state index contributed by atoms with van der Waals surface area (Å²) in [6, 6.07) is 18.0. The summed E-state index contributed by atoms with van der Waals surface area (Å²) in [4.78, 5) is 17.5. The molecule has 4 rings (SSSR count). The zero-order valence-electron chi connectivity index (χ0n) is 16.7. The number of rotatable bonds is 4. The molecule has 1 aromatic heterocycles. The molecular formula is C23H17Cl3N4O. The summed E-state index contributed by atoms with van der Waals surface area (Å²) in [6.07, 6.45) is 0. The molecule has 0 aliphatic heterocycles. The fourth-order valence-corrected chi connectivity index (χ4v) is 3.56. The minimum atomic E-state index is -0.445. The van der Waals surface area contributed by atoms with Crippen molar-refractivity contribution >= 4 is 46.4 Å². The molecule has 0 saturated heterocycles. The largest absolute Gasteiger partial charge is 0.319 e. The van der Waals surface area contributed by atoms with E-state index in [9.17, 15) is 4.79 Å². The third-order valence-corrected chi connectivity index (χ3v) is 5.72. The summed E-state index contributed by atoms with van der Waals surface area (Å²) in [5, 5.41) is 9.05. The van der Waals surface area contributed by atoms with Crippen LogP contribution >= 0.6 is 34.8 Å². The minimum absolute atomic E-state index is 0.0173. The van der Waals surface area contributed by atoms with Gasteiger partial charge < -0.3 is 5.32 Å². The molecule has 0 atom stereocenters. The van der Waals surface area contributed by atoms with Crippen LogP contribution in [0.2, 0.25) is 15.1 Å². The third kappa shape index (κ3) is 4.44. The molecule has 8 heteroatoms. The van der Waals surface area contributed by atoms with Crippen LogP contribution in [0.15, 0.2) is 60.7 Å². The molecular weight excluding hydrogens is 455 g/mol. The zero-order chi connectivity index (χ0) is 22.1. The van der Waals surface area contributed by atoms with Gasteiger partial charge >= 0.3 is 0 Å². The van der Waals surface area contributed by atoms with Crippen molar-refractivity contribution in [1.82, 2.24) is 14.8 Å². The normalized spacial score (nSPS) is 10.9. The lowest BCUT2D eigenvalue weighted by molar-refractivity contribution is 0.101. The number of aryl methyl sites for hydroxylation is 1.